The van der Waals surface area contributed by atoms with E-state index in [0.717, 1.165) is 18.4 Å². The second kappa shape index (κ2) is 6.35. The van der Waals surface area contributed by atoms with Gasteiger partial charge in [0, 0.05) is 12.1 Å². The Balaban J connectivity index is 2.12. The molecule has 0 unspecified atom stereocenters. The van der Waals surface area contributed by atoms with E-state index in [1.165, 1.54) is 25.3 Å². The summed E-state index contributed by atoms with van der Waals surface area (Å²) in [6.45, 7) is 4.02. The summed E-state index contributed by atoms with van der Waals surface area (Å²) < 4.78 is 2.62. The average Bonchev–Trinajstić information content (AvgIpc) is 2.89. The van der Waals surface area contributed by atoms with E-state index in [1.807, 2.05) is 24.5 Å². The zero-order valence-electron chi connectivity index (χ0n) is 13.5. The summed E-state index contributed by atoms with van der Waals surface area (Å²) in [4.78, 5) is 0. The summed E-state index contributed by atoms with van der Waals surface area (Å²) in [7, 11) is 0. The summed E-state index contributed by atoms with van der Waals surface area (Å²) in [5.41, 5.74) is 1.41. The van der Waals surface area contributed by atoms with Gasteiger partial charge in [-0.05, 0) is 42.6 Å². The summed E-state index contributed by atoms with van der Waals surface area (Å²) in [6.07, 6.45) is 5.80. The highest BCUT2D eigenvalue weighted by molar-refractivity contribution is 7.71. The number of benzene rings is 1. The maximum atomic E-state index is 10.3. The molecule has 0 amide bonds. The zero-order valence-corrected chi connectivity index (χ0v) is 14.4. The molecule has 1 fully saturated rings. The number of hydrogen-bond acceptors (Lipinski definition) is 4. The molecule has 1 aliphatic rings. The topological polar surface area (TPSA) is 74.1 Å². The van der Waals surface area contributed by atoms with Gasteiger partial charge in [0.1, 0.15) is 11.5 Å². The lowest BCUT2D eigenvalue weighted by atomic mass is 9.94. The Hall–Kier alpha value is -1.82. The van der Waals surface area contributed by atoms with E-state index >= 15 is 0 Å². The van der Waals surface area contributed by atoms with Gasteiger partial charge in [0.05, 0.1) is 5.56 Å². The number of H-pyrrole nitrogens is 1. The Bertz CT molecular complexity index is 758. The normalized spacial score (nSPS) is 16.1. The van der Waals surface area contributed by atoms with Crippen LogP contribution in [0.4, 0.5) is 0 Å². The number of hydrogen-bond donors (Lipinski definition) is 3. The van der Waals surface area contributed by atoms with Crippen LogP contribution in [0.5, 0.6) is 11.5 Å². The van der Waals surface area contributed by atoms with E-state index in [0.29, 0.717) is 22.2 Å². The van der Waals surface area contributed by atoms with Crippen molar-refractivity contribution in [2.24, 2.45) is 0 Å². The molecule has 0 radical (unpaired) electrons. The fourth-order valence-corrected chi connectivity index (χ4v) is 3.69. The third-order valence-corrected chi connectivity index (χ3v) is 4.94. The van der Waals surface area contributed by atoms with E-state index in [-0.39, 0.29) is 17.4 Å². The van der Waals surface area contributed by atoms with Crippen LogP contribution in [0.3, 0.4) is 0 Å². The lowest BCUT2D eigenvalue weighted by Crippen LogP contribution is -2.14. The van der Waals surface area contributed by atoms with Crippen LogP contribution in [0.25, 0.3) is 11.4 Å². The van der Waals surface area contributed by atoms with Gasteiger partial charge < -0.3 is 10.2 Å². The molecule has 1 aromatic carbocycles. The Morgan fingerprint density at radius 3 is 2.52 bits per heavy atom. The summed E-state index contributed by atoms with van der Waals surface area (Å²) >= 11 is 5.42. The molecule has 1 heterocycles. The molecule has 3 N–H and O–H groups in total. The molecule has 1 aromatic heterocycles. The standard InChI is InChI=1S/C17H23N3O2S/c1-10(2)12-8-13(15(22)9-14(12)21)16-18-19-17(23)20(16)11-6-4-3-5-7-11/h8-11,21-22H,3-7H2,1-2H3,(H,19,23). The molecule has 3 rings (SSSR count). The number of aromatic hydroxyl groups is 2. The van der Waals surface area contributed by atoms with Crippen LogP contribution in [-0.4, -0.2) is 25.0 Å². The van der Waals surface area contributed by atoms with Crippen LogP contribution in [0.2, 0.25) is 0 Å². The molecule has 5 nitrogen and oxygen atoms in total. The highest BCUT2D eigenvalue weighted by Crippen LogP contribution is 2.39. The molecule has 0 atom stereocenters. The minimum Gasteiger partial charge on any atom is -0.508 e. The molecular weight excluding hydrogens is 310 g/mol. The van der Waals surface area contributed by atoms with Gasteiger partial charge in [0.25, 0.3) is 0 Å². The smallest absolute Gasteiger partial charge is 0.195 e. The third-order valence-electron chi connectivity index (χ3n) is 4.65. The Kier molecular flexibility index (Phi) is 4.43. The molecule has 0 spiro atoms. The molecule has 0 saturated heterocycles. The van der Waals surface area contributed by atoms with Crippen LogP contribution in [-0.2, 0) is 0 Å². The zero-order chi connectivity index (χ0) is 16.6. The molecule has 6 heteroatoms. The van der Waals surface area contributed by atoms with Gasteiger partial charge in [-0.25, -0.2) is 0 Å². The van der Waals surface area contributed by atoms with Gasteiger partial charge in [-0.15, -0.1) is 0 Å². The van der Waals surface area contributed by atoms with Crippen LogP contribution in [0.1, 0.15) is 63.5 Å². The summed E-state index contributed by atoms with van der Waals surface area (Å²) in [6, 6.07) is 3.54. The first-order chi connectivity index (χ1) is 11.0. The van der Waals surface area contributed by atoms with Gasteiger partial charge in [-0.3, -0.25) is 9.67 Å². The monoisotopic (exact) mass is 333 g/mol. The van der Waals surface area contributed by atoms with Gasteiger partial charge in [0.15, 0.2) is 10.6 Å². The van der Waals surface area contributed by atoms with Crippen molar-refractivity contribution in [3.05, 3.63) is 22.5 Å². The van der Waals surface area contributed by atoms with Crippen LogP contribution < -0.4 is 0 Å². The lowest BCUT2D eigenvalue weighted by molar-refractivity contribution is 0.352. The molecule has 23 heavy (non-hydrogen) atoms. The lowest BCUT2D eigenvalue weighted by Gasteiger charge is -2.24. The number of phenols is 2. The second-order valence-electron chi connectivity index (χ2n) is 6.60. The van der Waals surface area contributed by atoms with Gasteiger partial charge in [0.2, 0.25) is 0 Å². The average molecular weight is 333 g/mol. The molecule has 1 saturated carbocycles. The number of rotatable bonds is 3. The number of phenolic OH excluding ortho intramolecular Hbond substituents is 2. The highest BCUT2D eigenvalue weighted by Gasteiger charge is 2.23. The van der Waals surface area contributed by atoms with Crippen molar-refractivity contribution in [1.29, 1.82) is 0 Å². The first kappa shape index (κ1) is 16.1. The fraction of sp³-hybridized carbons (Fsp3) is 0.529. The number of nitrogens with one attached hydrogen (secondary N) is 1. The van der Waals surface area contributed by atoms with E-state index in [4.69, 9.17) is 12.2 Å². The van der Waals surface area contributed by atoms with E-state index < -0.39 is 0 Å². The van der Waals surface area contributed by atoms with Crippen LogP contribution in [0.15, 0.2) is 12.1 Å². The fourth-order valence-electron chi connectivity index (χ4n) is 3.41. The Morgan fingerprint density at radius 1 is 1.17 bits per heavy atom. The van der Waals surface area contributed by atoms with Crippen molar-refractivity contribution >= 4 is 12.2 Å². The van der Waals surface area contributed by atoms with E-state index in [9.17, 15) is 10.2 Å². The molecule has 1 aliphatic carbocycles. The largest absolute Gasteiger partial charge is 0.508 e. The van der Waals surface area contributed by atoms with Crippen molar-refractivity contribution < 1.29 is 10.2 Å². The van der Waals surface area contributed by atoms with Crippen molar-refractivity contribution in [2.45, 2.75) is 57.9 Å². The van der Waals surface area contributed by atoms with Gasteiger partial charge >= 0.3 is 0 Å². The number of aromatic amines is 1. The summed E-state index contributed by atoms with van der Waals surface area (Å²) in [5, 5.41) is 27.6. The predicted octanol–water partition coefficient (Wildman–Crippen LogP) is 4.65. The van der Waals surface area contributed by atoms with Crippen molar-refractivity contribution in [3.63, 3.8) is 0 Å². The third kappa shape index (κ3) is 3.00. The Morgan fingerprint density at radius 2 is 1.87 bits per heavy atom. The maximum absolute atomic E-state index is 10.3. The van der Waals surface area contributed by atoms with E-state index in [1.54, 1.807) is 0 Å². The van der Waals surface area contributed by atoms with E-state index in [2.05, 4.69) is 10.2 Å². The predicted molar refractivity (Wildman–Crippen MR) is 92.4 cm³/mol. The molecular formula is C17H23N3O2S. The van der Waals surface area contributed by atoms with Crippen molar-refractivity contribution in [2.75, 3.05) is 0 Å². The molecule has 0 bridgehead atoms. The number of aromatic nitrogens is 3. The first-order valence-electron chi connectivity index (χ1n) is 8.22. The van der Waals surface area contributed by atoms with Crippen molar-refractivity contribution in [1.82, 2.24) is 14.8 Å². The molecule has 0 aliphatic heterocycles. The SMILES string of the molecule is CC(C)c1cc(-c2n[nH]c(=S)n2C2CCCCC2)c(O)cc1O. The minimum atomic E-state index is 0.0259. The molecule has 124 valence electrons. The van der Waals surface area contributed by atoms with Crippen LogP contribution in [0, 0.1) is 4.77 Å². The highest BCUT2D eigenvalue weighted by atomic mass is 32.1. The summed E-state index contributed by atoms with van der Waals surface area (Å²) in [5.74, 6) is 0.943. The minimum absolute atomic E-state index is 0.0259. The van der Waals surface area contributed by atoms with Gasteiger partial charge in [-0.1, -0.05) is 33.1 Å². The quantitative estimate of drug-likeness (QED) is 0.715. The Labute approximate surface area is 141 Å². The second-order valence-corrected chi connectivity index (χ2v) is 6.98. The van der Waals surface area contributed by atoms with Crippen LogP contribution >= 0.6 is 12.2 Å². The van der Waals surface area contributed by atoms with Gasteiger partial charge in [-0.2, -0.15) is 5.10 Å². The molecule has 2 aromatic rings. The maximum Gasteiger partial charge on any atom is 0.195 e. The van der Waals surface area contributed by atoms with Crippen molar-refractivity contribution in [3.8, 4) is 22.9 Å². The first-order valence-corrected chi connectivity index (χ1v) is 8.63. The number of nitrogens with zero attached hydrogens (tertiary/aromatic N) is 2.